The van der Waals surface area contributed by atoms with Gasteiger partial charge >= 0.3 is 0 Å². The Bertz CT molecular complexity index is 755. The fourth-order valence-electron chi connectivity index (χ4n) is 4.23. The SMILES string of the molecule is COc1ccc(CN2CCC[C@@H](c3nnc(CN4CCOCC4)n3C)C2)cc1. The maximum absolute atomic E-state index is 5.44. The lowest BCUT2D eigenvalue weighted by Crippen LogP contribution is -2.36. The van der Waals surface area contributed by atoms with Gasteiger partial charge in [0.1, 0.15) is 17.4 Å². The van der Waals surface area contributed by atoms with Gasteiger partial charge in [-0.25, -0.2) is 0 Å². The normalized spacial score (nSPS) is 21.7. The molecule has 0 bridgehead atoms. The quantitative estimate of drug-likeness (QED) is 0.759. The summed E-state index contributed by atoms with van der Waals surface area (Å²) in [5.41, 5.74) is 1.33. The largest absolute Gasteiger partial charge is 0.497 e. The Morgan fingerprint density at radius 1 is 1.04 bits per heavy atom. The molecule has 1 aromatic carbocycles. The Labute approximate surface area is 167 Å². The molecule has 0 unspecified atom stereocenters. The molecular formula is C21H31N5O2. The highest BCUT2D eigenvalue weighted by atomic mass is 16.5. The third-order valence-electron chi connectivity index (χ3n) is 5.90. The van der Waals surface area contributed by atoms with Crippen LogP contribution in [-0.2, 0) is 24.9 Å². The van der Waals surface area contributed by atoms with Crippen molar-refractivity contribution in [2.75, 3.05) is 46.5 Å². The van der Waals surface area contributed by atoms with Gasteiger partial charge in [-0.05, 0) is 37.1 Å². The summed E-state index contributed by atoms with van der Waals surface area (Å²) >= 11 is 0. The van der Waals surface area contributed by atoms with Gasteiger partial charge in [-0.1, -0.05) is 12.1 Å². The van der Waals surface area contributed by atoms with Gasteiger partial charge in [0.05, 0.1) is 26.9 Å². The number of morpholine rings is 1. The first-order valence-electron chi connectivity index (χ1n) is 10.3. The van der Waals surface area contributed by atoms with Crippen molar-refractivity contribution in [2.45, 2.75) is 31.8 Å². The number of likely N-dealkylation sites (tertiary alicyclic amines) is 1. The molecule has 7 heteroatoms. The van der Waals surface area contributed by atoms with Gasteiger partial charge in [-0.2, -0.15) is 0 Å². The molecule has 0 spiro atoms. The fourth-order valence-corrected chi connectivity index (χ4v) is 4.23. The fraction of sp³-hybridized carbons (Fsp3) is 0.619. The average molecular weight is 386 g/mol. The lowest BCUT2D eigenvalue weighted by molar-refractivity contribution is 0.0326. The van der Waals surface area contributed by atoms with E-state index in [0.717, 1.165) is 69.9 Å². The van der Waals surface area contributed by atoms with Crippen LogP contribution in [0.15, 0.2) is 24.3 Å². The van der Waals surface area contributed by atoms with Crippen LogP contribution in [0.1, 0.15) is 36.0 Å². The zero-order chi connectivity index (χ0) is 19.3. The van der Waals surface area contributed by atoms with E-state index in [2.05, 4.69) is 43.7 Å². The molecule has 0 aliphatic carbocycles. The van der Waals surface area contributed by atoms with E-state index in [0.29, 0.717) is 5.92 Å². The number of aromatic nitrogens is 3. The van der Waals surface area contributed by atoms with E-state index in [-0.39, 0.29) is 0 Å². The van der Waals surface area contributed by atoms with E-state index < -0.39 is 0 Å². The van der Waals surface area contributed by atoms with Crippen molar-refractivity contribution in [1.29, 1.82) is 0 Å². The minimum Gasteiger partial charge on any atom is -0.497 e. The highest BCUT2D eigenvalue weighted by Crippen LogP contribution is 2.27. The van der Waals surface area contributed by atoms with Crippen molar-refractivity contribution < 1.29 is 9.47 Å². The second kappa shape index (κ2) is 9.03. The molecule has 4 rings (SSSR count). The van der Waals surface area contributed by atoms with Gasteiger partial charge < -0.3 is 14.0 Å². The summed E-state index contributed by atoms with van der Waals surface area (Å²) in [6.45, 7) is 7.58. The van der Waals surface area contributed by atoms with E-state index in [1.165, 1.54) is 18.4 Å². The monoisotopic (exact) mass is 385 g/mol. The van der Waals surface area contributed by atoms with Crippen molar-refractivity contribution in [3.8, 4) is 5.75 Å². The van der Waals surface area contributed by atoms with E-state index >= 15 is 0 Å². The summed E-state index contributed by atoms with van der Waals surface area (Å²) in [7, 11) is 3.83. The molecule has 0 radical (unpaired) electrons. The zero-order valence-corrected chi connectivity index (χ0v) is 17.0. The van der Waals surface area contributed by atoms with Crippen LogP contribution in [0.25, 0.3) is 0 Å². The molecule has 0 amide bonds. The number of hydrogen-bond acceptors (Lipinski definition) is 6. The van der Waals surface area contributed by atoms with Gasteiger partial charge in [-0.3, -0.25) is 9.80 Å². The van der Waals surface area contributed by atoms with E-state index in [9.17, 15) is 0 Å². The molecular weight excluding hydrogens is 354 g/mol. The first-order valence-corrected chi connectivity index (χ1v) is 10.3. The van der Waals surface area contributed by atoms with Crippen LogP contribution >= 0.6 is 0 Å². The molecule has 2 aliphatic heterocycles. The number of nitrogens with zero attached hydrogens (tertiary/aromatic N) is 5. The molecule has 7 nitrogen and oxygen atoms in total. The van der Waals surface area contributed by atoms with Crippen LogP contribution in [0.2, 0.25) is 0 Å². The van der Waals surface area contributed by atoms with Crippen LogP contribution in [0.3, 0.4) is 0 Å². The minimum absolute atomic E-state index is 0.447. The lowest BCUT2D eigenvalue weighted by Gasteiger charge is -2.32. The molecule has 2 aliphatic rings. The lowest BCUT2D eigenvalue weighted by atomic mass is 9.96. The Morgan fingerprint density at radius 3 is 2.57 bits per heavy atom. The molecule has 3 heterocycles. The van der Waals surface area contributed by atoms with Crippen molar-refractivity contribution in [3.05, 3.63) is 41.5 Å². The first-order chi connectivity index (χ1) is 13.7. The summed E-state index contributed by atoms with van der Waals surface area (Å²) in [5, 5.41) is 9.09. The van der Waals surface area contributed by atoms with Crippen LogP contribution in [-0.4, -0.2) is 71.1 Å². The molecule has 2 saturated heterocycles. The number of piperidine rings is 1. The molecule has 0 saturated carbocycles. The molecule has 28 heavy (non-hydrogen) atoms. The zero-order valence-electron chi connectivity index (χ0n) is 17.0. The number of ether oxygens (including phenoxy) is 2. The first kappa shape index (κ1) is 19.4. The maximum atomic E-state index is 5.44. The van der Waals surface area contributed by atoms with Gasteiger partial charge in [0.15, 0.2) is 0 Å². The third-order valence-corrected chi connectivity index (χ3v) is 5.90. The van der Waals surface area contributed by atoms with Crippen LogP contribution in [0.4, 0.5) is 0 Å². The predicted molar refractivity (Wildman–Crippen MR) is 107 cm³/mol. The standard InChI is InChI=1S/C21H31N5O2/c1-24-20(16-25-10-12-28-13-11-25)22-23-21(24)18-4-3-9-26(15-18)14-17-5-7-19(27-2)8-6-17/h5-8,18H,3-4,9-16H2,1-2H3/t18-/m1/s1. The van der Waals surface area contributed by atoms with Crippen LogP contribution < -0.4 is 4.74 Å². The Hall–Kier alpha value is -1.96. The molecule has 152 valence electrons. The van der Waals surface area contributed by atoms with Gasteiger partial charge in [0.25, 0.3) is 0 Å². The summed E-state index contributed by atoms with van der Waals surface area (Å²) in [5.74, 6) is 3.54. The highest BCUT2D eigenvalue weighted by molar-refractivity contribution is 5.27. The number of hydrogen-bond donors (Lipinski definition) is 0. The summed E-state index contributed by atoms with van der Waals surface area (Å²) in [4.78, 5) is 4.93. The van der Waals surface area contributed by atoms with E-state index in [1.807, 2.05) is 12.1 Å². The number of methoxy groups -OCH3 is 1. The molecule has 2 fully saturated rings. The predicted octanol–water partition coefficient (Wildman–Crippen LogP) is 2.04. The van der Waals surface area contributed by atoms with Crippen LogP contribution in [0, 0.1) is 0 Å². The second-order valence-electron chi connectivity index (χ2n) is 7.84. The Kier molecular flexibility index (Phi) is 6.24. The number of rotatable bonds is 6. The number of benzene rings is 1. The Morgan fingerprint density at radius 2 is 1.82 bits per heavy atom. The van der Waals surface area contributed by atoms with Crippen molar-refractivity contribution in [3.63, 3.8) is 0 Å². The van der Waals surface area contributed by atoms with E-state index in [1.54, 1.807) is 7.11 Å². The molecule has 1 aromatic heterocycles. The summed E-state index contributed by atoms with van der Waals surface area (Å²) in [6.07, 6.45) is 2.38. The minimum atomic E-state index is 0.447. The van der Waals surface area contributed by atoms with Gasteiger partial charge in [0, 0.05) is 39.1 Å². The smallest absolute Gasteiger partial charge is 0.146 e. The van der Waals surface area contributed by atoms with Crippen molar-refractivity contribution >= 4 is 0 Å². The second-order valence-corrected chi connectivity index (χ2v) is 7.84. The molecule has 2 aromatic rings. The van der Waals surface area contributed by atoms with Gasteiger partial charge in [-0.15, -0.1) is 10.2 Å². The third kappa shape index (κ3) is 4.54. The molecule has 0 N–H and O–H groups in total. The summed E-state index contributed by atoms with van der Waals surface area (Å²) in [6, 6.07) is 8.39. The summed E-state index contributed by atoms with van der Waals surface area (Å²) < 4.78 is 12.9. The highest BCUT2D eigenvalue weighted by Gasteiger charge is 2.26. The van der Waals surface area contributed by atoms with E-state index in [4.69, 9.17) is 9.47 Å². The maximum Gasteiger partial charge on any atom is 0.146 e. The van der Waals surface area contributed by atoms with Gasteiger partial charge in [0.2, 0.25) is 0 Å². The molecule has 1 atom stereocenters. The van der Waals surface area contributed by atoms with Crippen LogP contribution in [0.5, 0.6) is 5.75 Å². The van der Waals surface area contributed by atoms with Crippen molar-refractivity contribution in [2.24, 2.45) is 7.05 Å². The topological polar surface area (TPSA) is 55.6 Å². The Balaban J connectivity index is 1.38. The van der Waals surface area contributed by atoms with Crippen molar-refractivity contribution in [1.82, 2.24) is 24.6 Å². The average Bonchev–Trinajstić information content (AvgIpc) is 3.10.